The average molecular weight is 271 g/mol. The number of hydrogen-bond donors (Lipinski definition) is 0. The van der Waals surface area contributed by atoms with Crippen LogP contribution in [0.25, 0.3) is 0 Å². The molecule has 2 fully saturated rings. The first-order chi connectivity index (χ1) is 8.75. The molecular formula is C13H21NO5. The van der Waals surface area contributed by atoms with Crippen LogP contribution >= 0.6 is 0 Å². The molecule has 6 heteroatoms. The first-order valence-corrected chi connectivity index (χ1v) is 6.48. The molecule has 1 spiro atoms. The Morgan fingerprint density at radius 3 is 2.53 bits per heavy atom. The lowest BCUT2D eigenvalue weighted by molar-refractivity contribution is -0.215. The molecule has 1 amide bonds. The van der Waals surface area contributed by atoms with Gasteiger partial charge < -0.3 is 19.1 Å². The van der Waals surface area contributed by atoms with E-state index in [4.69, 9.17) is 9.47 Å². The molecule has 2 heterocycles. The molecule has 2 aliphatic rings. The Bertz CT molecular complexity index is 381. The summed E-state index contributed by atoms with van der Waals surface area (Å²) < 4.78 is 15.6. The molecule has 19 heavy (non-hydrogen) atoms. The molecule has 0 radical (unpaired) electrons. The Morgan fingerprint density at radius 1 is 1.37 bits per heavy atom. The molecule has 2 aliphatic heterocycles. The normalized spacial score (nSPS) is 30.1. The van der Waals surface area contributed by atoms with Crippen molar-refractivity contribution in [3.63, 3.8) is 0 Å². The molecular weight excluding hydrogens is 250 g/mol. The molecule has 6 nitrogen and oxygen atoms in total. The summed E-state index contributed by atoms with van der Waals surface area (Å²) in [5.74, 6) is -0.346. The van der Waals surface area contributed by atoms with Gasteiger partial charge in [-0.25, -0.2) is 9.59 Å². The fourth-order valence-corrected chi connectivity index (χ4v) is 2.48. The zero-order valence-corrected chi connectivity index (χ0v) is 11.9. The van der Waals surface area contributed by atoms with E-state index >= 15 is 0 Å². The maximum absolute atomic E-state index is 11.9. The molecule has 0 bridgehead atoms. The van der Waals surface area contributed by atoms with Crippen molar-refractivity contribution in [2.24, 2.45) is 0 Å². The first-order valence-electron chi connectivity index (χ1n) is 6.48. The molecule has 2 saturated heterocycles. The minimum absolute atomic E-state index is 0.325. The lowest BCUT2D eigenvalue weighted by Crippen LogP contribution is -2.56. The van der Waals surface area contributed by atoms with Gasteiger partial charge in [0.15, 0.2) is 6.10 Å². The molecule has 0 N–H and O–H groups in total. The van der Waals surface area contributed by atoms with E-state index in [-0.39, 0.29) is 17.7 Å². The lowest BCUT2D eigenvalue weighted by Gasteiger charge is -2.43. The van der Waals surface area contributed by atoms with Gasteiger partial charge >= 0.3 is 12.1 Å². The maximum atomic E-state index is 11.9. The monoisotopic (exact) mass is 271 g/mol. The van der Waals surface area contributed by atoms with Gasteiger partial charge in [0.25, 0.3) is 0 Å². The van der Waals surface area contributed by atoms with Crippen LogP contribution in [0, 0.1) is 0 Å². The van der Waals surface area contributed by atoms with Crippen molar-refractivity contribution in [1.82, 2.24) is 4.90 Å². The minimum Gasteiger partial charge on any atom is -0.467 e. The smallest absolute Gasteiger partial charge is 0.410 e. The zero-order chi connectivity index (χ0) is 14.3. The van der Waals surface area contributed by atoms with Crippen molar-refractivity contribution in [2.75, 3.05) is 20.2 Å². The Hall–Kier alpha value is -1.30. The first kappa shape index (κ1) is 14.1. The highest BCUT2D eigenvalue weighted by Gasteiger charge is 2.54. The van der Waals surface area contributed by atoms with Crippen LogP contribution in [0.4, 0.5) is 4.79 Å². The highest BCUT2D eigenvalue weighted by atomic mass is 16.6. The fraction of sp³-hybridized carbons (Fsp3) is 0.846. The molecule has 2 atom stereocenters. The Morgan fingerprint density at radius 2 is 2.00 bits per heavy atom. The van der Waals surface area contributed by atoms with Crippen molar-refractivity contribution in [3.8, 4) is 0 Å². The van der Waals surface area contributed by atoms with E-state index in [2.05, 4.69) is 4.74 Å². The van der Waals surface area contributed by atoms with Gasteiger partial charge in [0, 0.05) is 13.0 Å². The predicted molar refractivity (Wildman–Crippen MR) is 66.7 cm³/mol. The second-order valence-electron chi connectivity index (χ2n) is 6.17. The summed E-state index contributed by atoms with van der Waals surface area (Å²) in [4.78, 5) is 24.8. The number of rotatable bonds is 1. The quantitative estimate of drug-likeness (QED) is 0.673. The number of likely N-dealkylation sites (tertiary alicyclic amines) is 1. The summed E-state index contributed by atoms with van der Waals surface area (Å²) in [6.07, 6.45) is 0.539. The number of hydrogen-bond acceptors (Lipinski definition) is 5. The van der Waals surface area contributed by atoms with Crippen LogP contribution in [0.5, 0.6) is 0 Å². The predicted octanol–water partition coefficient (Wildman–Crippen LogP) is 1.33. The van der Waals surface area contributed by atoms with Gasteiger partial charge in [0.2, 0.25) is 0 Å². The number of amides is 1. The van der Waals surface area contributed by atoms with Gasteiger partial charge in [-0.3, -0.25) is 0 Å². The third-order valence-electron chi connectivity index (χ3n) is 3.38. The highest BCUT2D eigenvalue weighted by Crippen LogP contribution is 2.41. The van der Waals surface area contributed by atoms with Crippen LogP contribution in [0.2, 0.25) is 0 Å². The zero-order valence-electron chi connectivity index (χ0n) is 11.9. The third kappa shape index (κ3) is 3.00. The molecule has 2 rings (SSSR count). The molecule has 108 valence electrons. The molecule has 0 saturated carbocycles. The van der Waals surface area contributed by atoms with Crippen LogP contribution in [-0.2, 0) is 19.0 Å². The molecule has 0 aliphatic carbocycles. The van der Waals surface area contributed by atoms with Crippen molar-refractivity contribution in [3.05, 3.63) is 0 Å². The van der Waals surface area contributed by atoms with Crippen LogP contribution in [0.3, 0.4) is 0 Å². The number of carbonyl (C=O) groups is 2. The largest absolute Gasteiger partial charge is 0.467 e. The molecule has 0 unspecified atom stereocenters. The highest BCUT2D eigenvalue weighted by molar-refractivity contribution is 5.76. The van der Waals surface area contributed by atoms with Crippen LogP contribution in [-0.4, -0.2) is 54.5 Å². The number of ether oxygens (including phenoxy) is 3. The Kier molecular flexibility index (Phi) is 3.47. The molecule has 0 aromatic heterocycles. The van der Waals surface area contributed by atoms with Crippen molar-refractivity contribution in [1.29, 1.82) is 0 Å². The summed E-state index contributed by atoms with van der Waals surface area (Å²) in [6, 6.07) is 0. The Labute approximate surface area is 113 Å². The average Bonchev–Trinajstić information content (AvgIpc) is 2.68. The van der Waals surface area contributed by atoms with Gasteiger partial charge in [0.1, 0.15) is 5.60 Å². The summed E-state index contributed by atoms with van der Waals surface area (Å²) in [5.41, 5.74) is -0.877. The van der Waals surface area contributed by atoms with Gasteiger partial charge in [0.05, 0.1) is 19.3 Å². The van der Waals surface area contributed by atoms with E-state index in [9.17, 15) is 9.59 Å². The van der Waals surface area contributed by atoms with Gasteiger partial charge in [-0.05, 0) is 27.2 Å². The van der Waals surface area contributed by atoms with Gasteiger partial charge in [-0.15, -0.1) is 0 Å². The lowest BCUT2D eigenvalue weighted by atomic mass is 9.88. The van der Waals surface area contributed by atoms with E-state index in [1.807, 2.05) is 20.8 Å². The number of esters is 1. The SMILES string of the molecule is COC(=O)[C@@H]1C[C@]2(CCN(C(=O)OC(C)(C)C)C2)O1. The van der Waals surface area contributed by atoms with Gasteiger partial charge in [-0.1, -0.05) is 0 Å². The topological polar surface area (TPSA) is 65.1 Å². The van der Waals surface area contributed by atoms with Crippen molar-refractivity contribution < 1.29 is 23.8 Å². The van der Waals surface area contributed by atoms with Crippen LogP contribution in [0.15, 0.2) is 0 Å². The van der Waals surface area contributed by atoms with E-state index in [0.29, 0.717) is 19.5 Å². The van der Waals surface area contributed by atoms with Crippen LogP contribution in [0.1, 0.15) is 33.6 Å². The summed E-state index contributed by atoms with van der Waals surface area (Å²) in [6.45, 7) is 6.59. The summed E-state index contributed by atoms with van der Waals surface area (Å²) >= 11 is 0. The standard InChI is InChI=1S/C13H21NO5/c1-12(2,3)19-11(16)14-6-5-13(8-14)7-9(18-13)10(15)17-4/h9H,5-8H2,1-4H3/t9-,13-/m0/s1. The second-order valence-corrected chi connectivity index (χ2v) is 6.17. The fourth-order valence-electron chi connectivity index (χ4n) is 2.48. The number of carbonyl (C=O) groups excluding carboxylic acids is 2. The minimum atomic E-state index is -0.498. The van der Waals surface area contributed by atoms with E-state index in [0.717, 1.165) is 6.42 Å². The molecule has 0 aromatic rings. The van der Waals surface area contributed by atoms with Gasteiger partial charge in [-0.2, -0.15) is 0 Å². The number of nitrogens with zero attached hydrogens (tertiary/aromatic N) is 1. The van der Waals surface area contributed by atoms with E-state index in [1.54, 1.807) is 4.90 Å². The van der Waals surface area contributed by atoms with E-state index < -0.39 is 11.7 Å². The third-order valence-corrected chi connectivity index (χ3v) is 3.38. The number of methoxy groups -OCH3 is 1. The summed E-state index contributed by atoms with van der Waals surface area (Å²) in [7, 11) is 1.35. The van der Waals surface area contributed by atoms with Crippen molar-refractivity contribution in [2.45, 2.75) is 50.9 Å². The van der Waals surface area contributed by atoms with Crippen molar-refractivity contribution >= 4 is 12.1 Å². The van der Waals surface area contributed by atoms with Crippen LogP contribution < -0.4 is 0 Å². The molecule has 0 aromatic carbocycles. The maximum Gasteiger partial charge on any atom is 0.410 e. The second kappa shape index (κ2) is 4.67. The summed E-state index contributed by atoms with van der Waals surface area (Å²) in [5, 5.41) is 0. The Balaban J connectivity index is 1.85. The van der Waals surface area contributed by atoms with E-state index in [1.165, 1.54) is 7.11 Å².